The number of nitrogens with zero attached hydrogens (tertiary/aromatic N) is 1. The van der Waals surface area contributed by atoms with Gasteiger partial charge in [-0.3, -0.25) is 14.5 Å². The highest BCUT2D eigenvalue weighted by Gasteiger charge is 2.36. The Labute approximate surface area is 162 Å². The third kappa shape index (κ3) is 5.13. The lowest BCUT2D eigenvalue weighted by molar-refractivity contribution is -0.142. The van der Waals surface area contributed by atoms with Crippen LogP contribution in [-0.4, -0.2) is 42.3 Å². The number of benzene rings is 1. The molecule has 2 amide bonds. The van der Waals surface area contributed by atoms with Crippen LogP contribution in [0.4, 0.5) is 4.79 Å². The molecule has 27 heavy (non-hydrogen) atoms. The molecule has 1 heterocycles. The van der Waals surface area contributed by atoms with Crippen LogP contribution in [0.3, 0.4) is 0 Å². The highest BCUT2D eigenvalue weighted by Crippen LogP contribution is 2.34. The average molecular weight is 389 g/mol. The van der Waals surface area contributed by atoms with Gasteiger partial charge in [0.05, 0.1) is 12.0 Å². The second-order valence-corrected chi connectivity index (χ2v) is 7.72. The zero-order valence-electron chi connectivity index (χ0n) is 15.3. The second-order valence-electron chi connectivity index (χ2n) is 6.73. The van der Waals surface area contributed by atoms with Gasteiger partial charge < -0.3 is 9.47 Å². The monoisotopic (exact) mass is 389 g/mol. The molecule has 3 rings (SSSR count). The van der Waals surface area contributed by atoms with E-state index < -0.39 is 5.97 Å². The number of carbonyl (C=O) groups is 3. The molecule has 2 fully saturated rings. The van der Waals surface area contributed by atoms with E-state index in [4.69, 9.17) is 4.74 Å². The van der Waals surface area contributed by atoms with Gasteiger partial charge in [0.2, 0.25) is 0 Å². The summed E-state index contributed by atoms with van der Waals surface area (Å²) >= 11 is 0.993. The highest BCUT2D eigenvalue weighted by molar-refractivity contribution is 8.18. The molecule has 144 valence electrons. The Balaban J connectivity index is 1.62. The molecule has 1 aliphatic heterocycles. The summed E-state index contributed by atoms with van der Waals surface area (Å²) in [5, 5.41) is -0.185. The van der Waals surface area contributed by atoms with Crippen molar-refractivity contribution in [3.8, 4) is 5.75 Å². The Bertz CT molecular complexity index is 737. The minimum Gasteiger partial charge on any atom is -0.482 e. The van der Waals surface area contributed by atoms with Crippen LogP contribution in [0.2, 0.25) is 0 Å². The Hall–Kier alpha value is -2.28. The molecule has 0 spiro atoms. The van der Waals surface area contributed by atoms with E-state index in [0.29, 0.717) is 23.1 Å². The van der Waals surface area contributed by atoms with Gasteiger partial charge in [0.25, 0.3) is 11.1 Å². The molecule has 1 saturated heterocycles. The van der Waals surface area contributed by atoms with Crippen molar-refractivity contribution in [1.82, 2.24) is 4.90 Å². The van der Waals surface area contributed by atoms with Crippen molar-refractivity contribution in [2.45, 2.75) is 32.1 Å². The molecule has 0 radical (unpaired) electrons. The molecule has 0 aromatic heterocycles. The lowest BCUT2D eigenvalue weighted by Crippen LogP contribution is -2.34. The van der Waals surface area contributed by atoms with Crippen molar-refractivity contribution >= 4 is 35.0 Å². The highest BCUT2D eigenvalue weighted by atomic mass is 32.2. The fourth-order valence-corrected chi connectivity index (χ4v) is 4.15. The molecule has 0 bridgehead atoms. The lowest BCUT2D eigenvalue weighted by Gasteiger charge is -2.25. The van der Waals surface area contributed by atoms with Crippen molar-refractivity contribution in [1.29, 1.82) is 0 Å². The molecule has 1 saturated carbocycles. The predicted octanol–water partition coefficient (Wildman–Crippen LogP) is 3.86. The quantitative estimate of drug-likeness (QED) is 0.543. The molecule has 1 aliphatic carbocycles. The first kappa shape index (κ1) is 19.5. The molecular formula is C20H23NO5S. The van der Waals surface area contributed by atoms with E-state index in [1.807, 2.05) is 0 Å². The molecule has 0 unspecified atom stereocenters. The zero-order chi connectivity index (χ0) is 19.2. The zero-order valence-corrected chi connectivity index (χ0v) is 16.1. The van der Waals surface area contributed by atoms with Crippen LogP contribution in [0, 0.1) is 5.92 Å². The van der Waals surface area contributed by atoms with Crippen LogP contribution < -0.4 is 4.74 Å². The fraction of sp³-hybridized carbons (Fsp3) is 0.450. The van der Waals surface area contributed by atoms with Crippen molar-refractivity contribution < 1.29 is 23.9 Å². The Kier molecular flexibility index (Phi) is 6.55. The summed E-state index contributed by atoms with van der Waals surface area (Å²) in [6.45, 7) is 0.373. The number of amides is 2. The third-order valence-corrected chi connectivity index (χ3v) is 5.71. The summed E-state index contributed by atoms with van der Waals surface area (Å²) in [5.41, 5.74) is 0.795. The first-order valence-corrected chi connectivity index (χ1v) is 9.93. The van der Waals surface area contributed by atoms with E-state index in [0.717, 1.165) is 30.2 Å². The van der Waals surface area contributed by atoms with Gasteiger partial charge >= 0.3 is 5.97 Å². The maximum absolute atomic E-state index is 12.6. The normalized spacial score (nSPS) is 19.6. The van der Waals surface area contributed by atoms with Gasteiger partial charge in [-0.05, 0) is 54.3 Å². The van der Waals surface area contributed by atoms with Crippen LogP contribution in [-0.2, 0) is 14.3 Å². The van der Waals surface area contributed by atoms with Crippen molar-refractivity contribution in [3.63, 3.8) is 0 Å². The van der Waals surface area contributed by atoms with Gasteiger partial charge in [0.1, 0.15) is 5.75 Å². The largest absolute Gasteiger partial charge is 0.482 e. The van der Waals surface area contributed by atoms with E-state index in [-0.39, 0.29) is 17.8 Å². The predicted molar refractivity (Wildman–Crippen MR) is 103 cm³/mol. The fourth-order valence-electron chi connectivity index (χ4n) is 3.30. The van der Waals surface area contributed by atoms with Gasteiger partial charge in [-0.2, -0.15) is 0 Å². The van der Waals surface area contributed by atoms with Gasteiger partial charge in [-0.1, -0.05) is 31.4 Å². The minimum absolute atomic E-state index is 0.157. The second kappa shape index (κ2) is 9.08. The van der Waals surface area contributed by atoms with Crippen molar-refractivity contribution in [3.05, 3.63) is 34.7 Å². The first-order valence-electron chi connectivity index (χ1n) is 9.12. The third-order valence-electron chi connectivity index (χ3n) is 4.80. The minimum atomic E-state index is -0.453. The van der Waals surface area contributed by atoms with Gasteiger partial charge in [-0.15, -0.1) is 0 Å². The van der Waals surface area contributed by atoms with E-state index in [1.54, 1.807) is 30.3 Å². The van der Waals surface area contributed by atoms with Gasteiger partial charge in [0, 0.05) is 6.54 Å². The molecule has 0 atom stereocenters. The summed E-state index contributed by atoms with van der Waals surface area (Å²) in [6.07, 6.45) is 7.51. The Morgan fingerprint density at radius 1 is 1.19 bits per heavy atom. The SMILES string of the molecule is COC(=O)COc1ccc(/C=C2/SC(=O)N(CC3CCCCC3)C2=O)cc1. The summed E-state index contributed by atoms with van der Waals surface area (Å²) in [7, 11) is 1.30. The van der Waals surface area contributed by atoms with E-state index >= 15 is 0 Å². The standard InChI is InChI=1S/C20H23NO5S/c1-25-18(22)13-26-16-9-7-14(8-10-16)11-17-19(23)21(20(24)27-17)12-15-5-3-2-4-6-15/h7-11,15H,2-6,12-13H2,1H3/b17-11+. The number of rotatable bonds is 6. The molecule has 7 heteroatoms. The molecule has 0 N–H and O–H groups in total. The van der Waals surface area contributed by atoms with Crippen LogP contribution in [0.1, 0.15) is 37.7 Å². The number of carbonyl (C=O) groups excluding carboxylic acids is 3. The smallest absolute Gasteiger partial charge is 0.343 e. The topological polar surface area (TPSA) is 72.9 Å². The molecule has 2 aliphatic rings. The van der Waals surface area contributed by atoms with Crippen molar-refractivity contribution in [2.75, 3.05) is 20.3 Å². The van der Waals surface area contributed by atoms with Crippen LogP contribution in [0.15, 0.2) is 29.2 Å². The van der Waals surface area contributed by atoms with E-state index in [2.05, 4.69) is 4.74 Å². The average Bonchev–Trinajstić information content (AvgIpc) is 2.95. The van der Waals surface area contributed by atoms with Crippen molar-refractivity contribution in [2.24, 2.45) is 5.92 Å². The molecule has 1 aromatic carbocycles. The summed E-state index contributed by atoms with van der Waals surface area (Å²) in [6, 6.07) is 6.98. The molecule has 6 nitrogen and oxygen atoms in total. The van der Waals surface area contributed by atoms with Gasteiger partial charge in [-0.25, -0.2) is 4.79 Å². The number of hydrogen-bond acceptors (Lipinski definition) is 6. The van der Waals surface area contributed by atoms with Crippen LogP contribution >= 0.6 is 11.8 Å². The molecular weight excluding hydrogens is 366 g/mol. The number of esters is 1. The maximum atomic E-state index is 12.6. The summed E-state index contributed by atoms with van der Waals surface area (Å²) in [5.74, 6) is 0.299. The number of thioether (sulfide) groups is 1. The maximum Gasteiger partial charge on any atom is 0.343 e. The number of methoxy groups -OCH3 is 1. The van der Waals surface area contributed by atoms with Crippen LogP contribution in [0.25, 0.3) is 6.08 Å². The van der Waals surface area contributed by atoms with E-state index in [9.17, 15) is 14.4 Å². The summed E-state index contributed by atoms with van der Waals surface area (Å²) < 4.78 is 9.81. The first-order chi connectivity index (χ1) is 13.1. The van der Waals surface area contributed by atoms with E-state index in [1.165, 1.54) is 31.3 Å². The Morgan fingerprint density at radius 3 is 2.56 bits per heavy atom. The van der Waals surface area contributed by atoms with Gasteiger partial charge in [0.15, 0.2) is 6.61 Å². The molecule has 1 aromatic rings. The number of imide groups is 1. The number of hydrogen-bond donors (Lipinski definition) is 0. The number of ether oxygens (including phenoxy) is 2. The van der Waals surface area contributed by atoms with Crippen LogP contribution in [0.5, 0.6) is 5.75 Å². The lowest BCUT2D eigenvalue weighted by atomic mass is 9.89. The summed E-state index contributed by atoms with van der Waals surface area (Å²) in [4.78, 5) is 37.8. The Morgan fingerprint density at radius 2 is 1.89 bits per heavy atom.